The van der Waals surface area contributed by atoms with Crippen molar-refractivity contribution in [3.63, 3.8) is 0 Å². The molecule has 1 aromatic heterocycles. The third-order valence-electron chi connectivity index (χ3n) is 4.19. The molecule has 0 saturated heterocycles. The van der Waals surface area contributed by atoms with Crippen molar-refractivity contribution in [3.05, 3.63) is 30.0 Å². The van der Waals surface area contributed by atoms with Crippen molar-refractivity contribution in [1.82, 2.24) is 9.78 Å². The van der Waals surface area contributed by atoms with Gasteiger partial charge in [0.2, 0.25) is 0 Å². The lowest BCUT2D eigenvalue weighted by Gasteiger charge is -2.40. The van der Waals surface area contributed by atoms with Crippen LogP contribution in [0.5, 0.6) is 0 Å². The van der Waals surface area contributed by atoms with Gasteiger partial charge in [-0.25, -0.2) is 0 Å². The van der Waals surface area contributed by atoms with Crippen LogP contribution >= 0.6 is 0 Å². The SMILES string of the molecule is Cn1nc(C2(CCN)CCC2)c2ccccc21. The molecule has 3 rings (SSSR count). The maximum absolute atomic E-state index is 5.78. The van der Waals surface area contributed by atoms with Crippen molar-refractivity contribution in [2.45, 2.75) is 31.1 Å². The van der Waals surface area contributed by atoms with Crippen molar-refractivity contribution in [3.8, 4) is 0 Å². The second kappa shape index (κ2) is 3.84. The number of nitrogens with zero attached hydrogens (tertiary/aromatic N) is 2. The highest BCUT2D eigenvalue weighted by atomic mass is 15.3. The molecule has 2 N–H and O–H groups in total. The summed E-state index contributed by atoms with van der Waals surface area (Å²) in [5, 5.41) is 6.07. The van der Waals surface area contributed by atoms with E-state index in [1.54, 1.807) is 0 Å². The number of para-hydroxylation sites is 1. The minimum absolute atomic E-state index is 0.260. The van der Waals surface area contributed by atoms with Gasteiger partial charge in [0.15, 0.2) is 0 Å². The Morgan fingerprint density at radius 1 is 1.35 bits per heavy atom. The van der Waals surface area contributed by atoms with Crippen molar-refractivity contribution in [2.24, 2.45) is 12.8 Å². The number of nitrogens with two attached hydrogens (primary N) is 1. The Morgan fingerprint density at radius 3 is 2.76 bits per heavy atom. The lowest BCUT2D eigenvalue weighted by Crippen LogP contribution is -2.37. The molecule has 0 spiro atoms. The van der Waals surface area contributed by atoms with Gasteiger partial charge < -0.3 is 5.73 Å². The van der Waals surface area contributed by atoms with Gasteiger partial charge in [-0.15, -0.1) is 0 Å². The normalized spacial score (nSPS) is 18.2. The van der Waals surface area contributed by atoms with Gasteiger partial charge in [0.1, 0.15) is 0 Å². The molecule has 1 aromatic carbocycles. The zero-order chi connectivity index (χ0) is 11.9. The van der Waals surface area contributed by atoms with Crippen LogP contribution in [-0.4, -0.2) is 16.3 Å². The lowest BCUT2D eigenvalue weighted by atomic mass is 9.64. The molecule has 1 saturated carbocycles. The van der Waals surface area contributed by atoms with E-state index in [0.717, 1.165) is 13.0 Å². The van der Waals surface area contributed by atoms with Crippen molar-refractivity contribution in [2.75, 3.05) is 6.54 Å². The molecular formula is C14H19N3. The number of fused-ring (bicyclic) bond motifs is 1. The van der Waals surface area contributed by atoms with Gasteiger partial charge >= 0.3 is 0 Å². The summed E-state index contributed by atoms with van der Waals surface area (Å²) < 4.78 is 2.00. The van der Waals surface area contributed by atoms with E-state index in [2.05, 4.69) is 24.3 Å². The van der Waals surface area contributed by atoms with E-state index in [1.807, 2.05) is 11.7 Å². The molecule has 2 aromatic rings. The van der Waals surface area contributed by atoms with Gasteiger partial charge in [-0.2, -0.15) is 5.10 Å². The van der Waals surface area contributed by atoms with E-state index in [1.165, 1.54) is 35.9 Å². The Balaban J connectivity index is 2.16. The Bertz CT molecular complexity index is 537. The Labute approximate surface area is 102 Å². The number of benzene rings is 1. The molecule has 1 aliphatic carbocycles. The van der Waals surface area contributed by atoms with Gasteiger partial charge in [0.05, 0.1) is 11.2 Å². The van der Waals surface area contributed by atoms with Crippen molar-refractivity contribution < 1.29 is 0 Å². The maximum atomic E-state index is 5.78. The van der Waals surface area contributed by atoms with Crippen LogP contribution in [0.25, 0.3) is 10.9 Å². The molecule has 0 bridgehead atoms. The molecule has 0 radical (unpaired) electrons. The highest BCUT2D eigenvalue weighted by Gasteiger charge is 2.41. The van der Waals surface area contributed by atoms with Crippen LogP contribution in [0.15, 0.2) is 24.3 Å². The average molecular weight is 229 g/mol. The smallest absolute Gasteiger partial charge is 0.0765 e. The Hall–Kier alpha value is -1.35. The van der Waals surface area contributed by atoms with E-state index in [-0.39, 0.29) is 5.41 Å². The summed E-state index contributed by atoms with van der Waals surface area (Å²) in [5.74, 6) is 0. The first kappa shape index (κ1) is 10.8. The van der Waals surface area contributed by atoms with Crippen LogP contribution in [-0.2, 0) is 12.5 Å². The molecule has 0 aliphatic heterocycles. The fourth-order valence-corrected chi connectivity index (χ4v) is 3.09. The third kappa shape index (κ3) is 1.49. The summed E-state index contributed by atoms with van der Waals surface area (Å²) >= 11 is 0. The molecule has 1 aliphatic rings. The number of hydrogen-bond acceptors (Lipinski definition) is 2. The molecule has 3 nitrogen and oxygen atoms in total. The standard InChI is InChI=1S/C14H19N3/c1-17-12-6-3-2-5-11(12)13(16-17)14(9-10-15)7-4-8-14/h2-3,5-6H,4,7-10,15H2,1H3. The first-order valence-electron chi connectivity index (χ1n) is 6.39. The van der Waals surface area contributed by atoms with E-state index in [9.17, 15) is 0 Å². The van der Waals surface area contributed by atoms with Crippen LogP contribution in [0.2, 0.25) is 0 Å². The second-order valence-electron chi connectivity index (χ2n) is 5.16. The van der Waals surface area contributed by atoms with E-state index in [0.29, 0.717) is 0 Å². The highest BCUT2D eigenvalue weighted by molar-refractivity contribution is 5.83. The summed E-state index contributed by atoms with van der Waals surface area (Å²) in [6, 6.07) is 8.50. The van der Waals surface area contributed by atoms with Crippen LogP contribution in [0.4, 0.5) is 0 Å². The molecule has 90 valence electrons. The van der Waals surface area contributed by atoms with Gasteiger partial charge in [0.25, 0.3) is 0 Å². The van der Waals surface area contributed by atoms with Crippen molar-refractivity contribution in [1.29, 1.82) is 0 Å². The highest BCUT2D eigenvalue weighted by Crippen LogP contribution is 2.47. The fourth-order valence-electron chi connectivity index (χ4n) is 3.09. The lowest BCUT2D eigenvalue weighted by molar-refractivity contribution is 0.223. The molecule has 3 heteroatoms. The number of hydrogen-bond donors (Lipinski definition) is 1. The maximum Gasteiger partial charge on any atom is 0.0765 e. The molecular weight excluding hydrogens is 210 g/mol. The molecule has 0 amide bonds. The molecule has 1 heterocycles. The Kier molecular flexibility index (Phi) is 2.44. The van der Waals surface area contributed by atoms with Crippen LogP contribution in [0.1, 0.15) is 31.4 Å². The van der Waals surface area contributed by atoms with E-state index >= 15 is 0 Å². The predicted molar refractivity (Wildman–Crippen MR) is 69.9 cm³/mol. The van der Waals surface area contributed by atoms with Gasteiger partial charge in [-0.3, -0.25) is 4.68 Å². The number of aryl methyl sites for hydroxylation is 1. The topological polar surface area (TPSA) is 43.8 Å². The zero-order valence-electron chi connectivity index (χ0n) is 10.3. The monoisotopic (exact) mass is 229 g/mol. The summed E-state index contributed by atoms with van der Waals surface area (Å²) in [6.45, 7) is 0.755. The van der Waals surface area contributed by atoms with Crippen molar-refractivity contribution >= 4 is 10.9 Å². The van der Waals surface area contributed by atoms with E-state index < -0.39 is 0 Å². The summed E-state index contributed by atoms with van der Waals surface area (Å²) in [7, 11) is 2.03. The summed E-state index contributed by atoms with van der Waals surface area (Å²) in [4.78, 5) is 0. The minimum Gasteiger partial charge on any atom is -0.330 e. The zero-order valence-corrected chi connectivity index (χ0v) is 10.3. The molecule has 17 heavy (non-hydrogen) atoms. The summed E-state index contributed by atoms with van der Waals surface area (Å²) in [6.07, 6.45) is 4.86. The third-order valence-corrected chi connectivity index (χ3v) is 4.19. The molecule has 0 unspecified atom stereocenters. The average Bonchev–Trinajstić information content (AvgIpc) is 2.63. The van der Waals surface area contributed by atoms with Gasteiger partial charge in [0, 0.05) is 17.8 Å². The Morgan fingerprint density at radius 2 is 2.12 bits per heavy atom. The van der Waals surface area contributed by atoms with Gasteiger partial charge in [-0.1, -0.05) is 24.6 Å². The predicted octanol–water partition coefficient (Wildman–Crippen LogP) is 2.34. The van der Waals surface area contributed by atoms with Crippen LogP contribution in [0, 0.1) is 0 Å². The van der Waals surface area contributed by atoms with Crippen LogP contribution < -0.4 is 5.73 Å². The second-order valence-corrected chi connectivity index (χ2v) is 5.16. The fraction of sp³-hybridized carbons (Fsp3) is 0.500. The number of rotatable bonds is 3. The molecule has 1 fully saturated rings. The number of aromatic nitrogens is 2. The van der Waals surface area contributed by atoms with Crippen LogP contribution in [0.3, 0.4) is 0 Å². The summed E-state index contributed by atoms with van der Waals surface area (Å²) in [5.41, 5.74) is 8.54. The van der Waals surface area contributed by atoms with E-state index in [4.69, 9.17) is 10.8 Å². The van der Waals surface area contributed by atoms with Gasteiger partial charge in [-0.05, 0) is 31.9 Å². The minimum atomic E-state index is 0.260. The first-order valence-corrected chi connectivity index (χ1v) is 6.39. The quantitative estimate of drug-likeness (QED) is 0.878. The first-order chi connectivity index (χ1) is 8.27. The largest absolute Gasteiger partial charge is 0.330 e. The molecule has 0 atom stereocenters.